The molecule has 0 saturated heterocycles. The van der Waals surface area contributed by atoms with Crippen LogP contribution in [0.2, 0.25) is 0 Å². The van der Waals surface area contributed by atoms with Crippen molar-refractivity contribution in [2.24, 2.45) is 35.5 Å². The first-order valence-electron chi connectivity index (χ1n) is 9.61. The van der Waals surface area contributed by atoms with Crippen LogP contribution in [0.4, 0.5) is 0 Å². The maximum atomic E-state index is 9.42. The molecule has 132 valence electrons. The van der Waals surface area contributed by atoms with E-state index in [2.05, 4.69) is 45.9 Å². The summed E-state index contributed by atoms with van der Waals surface area (Å²) in [5, 5.41) is 18.8. The van der Waals surface area contributed by atoms with E-state index in [0.717, 1.165) is 30.1 Å². The van der Waals surface area contributed by atoms with Gasteiger partial charge in [-0.25, -0.2) is 0 Å². The lowest BCUT2D eigenvalue weighted by Gasteiger charge is -2.25. The van der Waals surface area contributed by atoms with Crippen LogP contribution in [0.1, 0.15) is 66.2 Å². The number of rotatable bonds is 7. The lowest BCUT2D eigenvalue weighted by Crippen LogP contribution is -2.20. The van der Waals surface area contributed by atoms with Gasteiger partial charge in [-0.3, -0.25) is 0 Å². The SMILES string of the molecule is CC(C)CC(C)C(C)CC1CCC(C2=CC(C(O)O)CC=C2)C1. The second-order valence-electron chi connectivity index (χ2n) is 8.58. The van der Waals surface area contributed by atoms with Crippen molar-refractivity contribution >= 4 is 0 Å². The third kappa shape index (κ3) is 5.46. The molecular formula is C21H36O2. The number of hydrogen-bond donors (Lipinski definition) is 2. The predicted molar refractivity (Wildman–Crippen MR) is 96.8 cm³/mol. The third-order valence-electron chi connectivity index (χ3n) is 6.04. The summed E-state index contributed by atoms with van der Waals surface area (Å²) in [6.45, 7) is 9.49. The highest BCUT2D eigenvalue weighted by Crippen LogP contribution is 2.42. The highest BCUT2D eigenvalue weighted by atomic mass is 16.5. The molecule has 2 nitrogen and oxygen atoms in total. The second kappa shape index (κ2) is 8.48. The summed E-state index contributed by atoms with van der Waals surface area (Å²) >= 11 is 0. The molecule has 2 heteroatoms. The fourth-order valence-corrected chi connectivity index (χ4v) is 4.54. The first-order valence-corrected chi connectivity index (χ1v) is 9.61. The van der Waals surface area contributed by atoms with Gasteiger partial charge in [0.05, 0.1) is 0 Å². The van der Waals surface area contributed by atoms with Crippen molar-refractivity contribution in [2.75, 3.05) is 0 Å². The van der Waals surface area contributed by atoms with Crippen LogP contribution in [0.15, 0.2) is 23.8 Å². The molecule has 0 aromatic rings. The van der Waals surface area contributed by atoms with Gasteiger partial charge in [-0.15, -0.1) is 0 Å². The van der Waals surface area contributed by atoms with E-state index in [9.17, 15) is 10.2 Å². The summed E-state index contributed by atoms with van der Waals surface area (Å²) in [5.74, 6) is 3.78. The lowest BCUT2D eigenvalue weighted by molar-refractivity contribution is -0.0696. The molecule has 0 heterocycles. The minimum absolute atomic E-state index is 0.112. The van der Waals surface area contributed by atoms with Crippen molar-refractivity contribution in [3.8, 4) is 0 Å². The van der Waals surface area contributed by atoms with Gasteiger partial charge in [-0.2, -0.15) is 0 Å². The zero-order valence-corrected chi connectivity index (χ0v) is 15.4. The van der Waals surface area contributed by atoms with Gasteiger partial charge in [0.25, 0.3) is 0 Å². The van der Waals surface area contributed by atoms with E-state index in [1.807, 2.05) is 0 Å². The molecule has 2 rings (SSSR count). The Morgan fingerprint density at radius 1 is 1.09 bits per heavy atom. The minimum atomic E-state index is -1.22. The first-order chi connectivity index (χ1) is 10.9. The summed E-state index contributed by atoms with van der Waals surface area (Å²) in [6, 6.07) is 0. The quantitative estimate of drug-likeness (QED) is 0.653. The summed E-state index contributed by atoms with van der Waals surface area (Å²) in [5.41, 5.74) is 1.35. The van der Waals surface area contributed by atoms with Crippen molar-refractivity contribution in [3.05, 3.63) is 23.8 Å². The molecule has 2 aliphatic rings. The Morgan fingerprint density at radius 2 is 1.83 bits per heavy atom. The van der Waals surface area contributed by atoms with E-state index in [1.54, 1.807) is 0 Å². The molecule has 2 aliphatic carbocycles. The first kappa shape index (κ1) is 18.7. The lowest BCUT2D eigenvalue weighted by atomic mass is 9.81. The molecule has 0 bridgehead atoms. The molecule has 0 spiro atoms. The minimum Gasteiger partial charge on any atom is -0.368 e. The molecule has 5 atom stereocenters. The molecule has 0 aliphatic heterocycles. The van der Waals surface area contributed by atoms with Crippen molar-refractivity contribution in [1.29, 1.82) is 0 Å². The molecular weight excluding hydrogens is 284 g/mol. The van der Waals surface area contributed by atoms with Gasteiger partial charge in [0.1, 0.15) is 0 Å². The fourth-order valence-electron chi connectivity index (χ4n) is 4.54. The Labute approximate surface area is 142 Å². The second-order valence-corrected chi connectivity index (χ2v) is 8.58. The van der Waals surface area contributed by atoms with E-state index >= 15 is 0 Å². The summed E-state index contributed by atoms with van der Waals surface area (Å²) in [6.07, 6.45) is 12.5. The normalized spacial score (nSPS) is 30.8. The van der Waals surface area contributed by atoms with Gasteiger partial charge in [0, 0.05) is 5.92 Å². The molecule has 5 unspecified atom stereocenters. The zero-order valence-electron chi connectivity index (χ0n) is 15.4. The Balaban J connectivity index is 1.85. The third-order valence-corrected chi connectivity index (χ3v) is 6.04. The van der Waals surface area contributed by atoms with E-state index in [-0.39, 0.29) is 5.92 Å². The van der Waals surface area contributed by atoms with Crippen LogP contribution < -0.4 is 0 Å². The van der Waals surface area contributed by atoms with Crippen LogP contribution in [-0.4, -0.2) is 16.5 Å². The maximum Gasteiger partial charge on any atom is 0.158 e. The van der Waals surface area contributed by atoms with Crippen LogP contribution in [-0.2, 0) is 0 Å². The molecule has 0 radical (unpaired) electrons. The van der Waals surface area contributed by atoms with E-state index in [4.69, 9.17) is 0 Å². The van der Waals surface area contributed by atoms with Crippen molar-refractivity contribution in [2.45, 2.75) is 72.5 Å². The number of aliphatic hydroxyl groups is 2. The average molecular weight is 321 g/mol. The zero-order chi connectivity index (χ0) is 17.0. The smallest absolute Gasteiger partial charge is 0.158 e. The van der Waals surface area contributed by atoms with Crippen molar-refractivity contribution in [3.63, 3.8) is 0 Å². The number of aliphatic hydroxyl groups excluding tert-OH is 1. The average Bonchev–Trinajstić information content (AvgIpc) is 2.95. The topological polar surface area (TPSA) is 40.5 Å². The molecule has 23 heavy (non-hydrogen) atoms. The van der Waals surface area contributed by atoms with Gasteiger partial charge in [-0.1, -0.05) is 45.9 Å². The number of allylic oxidation sites excluding steroid dienone is 3. The largest absolute Gasteiger partial charge is 0.368 e. The van der Waals surface area contributed by atoms with Gasteiger partial charge < -0.3 is 10.2 Å². The molecule has 2 N–H and O–H groups in total. The Morgan fingerprint density at radius 3 is 2.48 bits per heavy atom. The predicted octanol–water partition coefficient (Wildman–Crippen LogP) is 4.92. The summed E-state index contributed by atoms with van der Waals surface area (Å²) in [7, 11) is 0. The van der Waals surface area contributed by atoms with Crippen LogP contribution in [0.5, 0.6) is 0 Å². The highest BCUT2D eigenvalue weighted by Gasteiger charge is 2.30. The van der Waals surface area contributed by atoms with Crippen LogP contribution in [0.25, 0.3) is 0 Å². The Hall–Kier alpha value is -0.600. The van der Waals surface area contributed by atoms with Gasteiger partial charge in [-0.05, 0) is 73.7 Å². The van der Waals surface area contributed by atoms with E-state index in [0.29, 0.717) is 5.92 Å². The summed E-state index contributed by atoms with van der Waals surface area (Å²) < 4.78 is 0. The highest BCUT2D eigenvalue weighted by molar-refractivity contribution is 5.27. The van der Waals surface area contributed by atoms with Crippen LogP contribution >= 0.6 is 0 Å². The van der Waals surface area contributed by atoms with E-state index < -0.39 is 6.29 Å². The maximum absolute atomic E-state index is 9.42. The Kier molecular flexibility index (Phi) is 6.91. The molecule has 1 saturated carbocycles. The molecule has 0 aromatic carbocycles. The van der Waals surface area contributed by atoms with Gasteiger partial charge in [0.15, 0.2) is 6.29 Å². The fraction of sp³-hybridized carbons (Fsp3) is 0.810. The van der Waals surface area contributed by atoms with Crippen LogP contribution in [0, 0.1) is 35.5 Å². The van der Waals surface area contributed by atoms with E-state index in [1.165, 1.54) is 37.7 Å². The van der Waals surface area contributed by atoms with Crippen molar-refractivity contribution in [1.82, 2.24) is 0 Å². The van der Waals surface area contributed by atoms with Crippen LogP contribution in [0.3, 0.4) is 0 Å². The van der Waals surface area contributed by atoms with Crippen molar-refractivity contribution < 1.29 is 10.2 Å². The number of hydrogen-bond acceptors (Lipinski definition) is 2. The summed E-state index contributed by atoms with van der Waals surface area (Å²) in [4.78, 5) is 0. The Bertz CT molecular complexity index is 422. The molecule has 1 fully saturated rings. The van der Waals surface area contributed by atoms with Gasteiger partial charge in [0.2, 0.25) is 0 Å². The monoisotopic (exact) mass is 320 g/mol. The standard InChI is InChI=1S/C21H36O2/c1-14(2)10-15(3)16(4)11-17-8-9-19(12-17)18-6-5-7-20(13-18)21(22)23/h5-6,13-17,19-23H,7-12H2,1-4H3. The molecule has 0 amide bonds. The van der Waals surface area contributed by atoms with Gasteiger partial charge >= 0.3 is 0 Å². The molecule has 0 aromatic heterocycles.